The van der Waals surface area contributed by atoms with Gasteiger partial charge in [0.2, 0.25) is 11.8 Å². The Morgan fingerprint density at radius 1 is 0.857 bits per heavy atom. The fraction of sp³-hybridized carbons (Fsp3) is 0.591. The molecule has 1 aliphatic heterocycles. The molecule has 1 atom stereocenters. The van der Waals surface area contributed by atoms with Crippen molar-refractivity contribution in [1.82, 2.24) is 10.2 Å². The third kappa shape index (κ3) is 4.54. The average molecular weight is 383 g/mol. The van der Waals surface area contributed by atoms with E-state index in [1.165, 1.54) is 12.8 Å². The molecule has 0 bridgehead atoms. The van der Waals surface area contributed by atoms with Crippen LogP contribution < -0.4 is 10.6 Å². The van der Waals surface area contributed by atoms with E-state index in [2.05, 4.69) is 10.6 Å². The second kappa shape index (κ2) is 8.33. The van der Waals surface area contributed by atoms with Gasteiger partial charge in [-0.3, -0.25) is 14.4 Å². The van der Waals surface area contributed by atoms with Crippen LogP contribution in [0, 0.1) is 11.8 Å². The van der Waals surface area contributed by atoms with Crippen LogP contribution in [-0.4, -0.2) is 41.8 Å². The van der Waals surface area contributed by atoms with Crippen LogP contribution >= 0.6 is 0 Å². The van der Waals surface area contributed by atoms with E-state index in [9.17, 15) is 14.4 Å². The van der Waals surface area contributed by atoms with Crippen molar-refractivity contribution in [1.29, 1.82) is 0 Å². The van der Waals surface area contributed by atoms with Crippen LogP contribution in [0.2, 0.25) is 0 Å². The minimum absolute atomic E-state index is 0.0449. The van der Waals surface area contributed by atoms with Gasteiger partial charge in [-0.25, -0.2) is 0 Å². The number of anilines is 1. The number of hydrogen-bond acceptors (Lipinski definition) is 3. The van der Waals surface area contributed by atoms with Crippen molar-refractivity contribution < 1.29 is 14.4 Å². The normalized spacial score (nSPS) is 22.7. The Labute approximate surface area is 166 Å². The highest BCUT2D eigenvalue weighted by Crippen LogP contribution is 2.32. The molecule has 3 fully saturated rings. The van der Waals surface area contributed by atoms with Gasteiger partial charge in [0, 0.05) is 36.3 Å². The second-order valence-electron chi connectivity index (χ2n) is 8.42. The minimum Gasteiger partial charge on any atom is -0.349 e. The molecule has 150 valence electrons. The topological polar surface area (TPSA) is 78.5 Å². The summed E-state index contributed by atoms with van der Waals surface area (Å²) in [6.07, 6.45) is 8.14. The highest BCUT2D eigenvalue weighted by molar-refractivity contribution is 5.96. The fourth-order valence-electron chi connectivity index (χ4n) is 4.27. The van der Waals surface area contributed by atoms with E-state index < -0.39 is 0 Å². The standard InChI is InChI=1S/C22H29N3O3/c26-20(23-18-5-1-2-6-18)15-9-11-19(12-10-15)24-21(27)17-4-3-13-25(14-17)22(28)16-7-8-16/h9-12,16-18H,1-8,13-14H2,(H,23,26)(H,24,27). The van der Waals surface area contributed by atoms with Gasteiger partial charge in [-0.15, -0.1) is 0 Å². The molecule has 2 N–H and O–H groups in total. The van der Waals surface area contributed by atoms with E-state index in [1.54, 1.807) is 24.3 Å². The molecule has 2 aliphatic carbocycles. The third-order valence-corrected chi connectivity index (χ3v) is 6.14. The molecule has 4 rings (SSSR count). The number of amides is 3. The number of piperidine rings is 1. The number of nitrogens with one attached hydrogen (secondary N) is 2. The summed E-state index contributed by atoms with van der Waals surface area (Å²) in [5.41, 5.74) is 1.30. The van der Waals surface area contributed by atoms with Crippen LogP contribution in [0.25, 0.3) is 0 Å². The van der Waals surface area contributed by atoms with Crippen molar-refractivity contribution in [2.24, 2.45) is 11.8 Å². The number of carbonyl (C=O) groups is 3. The summed E-state index contributed by atoms with van der Waals surface area (Å²) in [6.45, 7) is 1.28. The molecule has 28 heavy (non-hydrogen) atoms. The summed E-state index contributed by atoms with van der Waals surface area (Å²) >= 11 is 0. The fourth-order valence-corrected chi connectivity index (χ4v) is 4.27. The van der Waals surface area contributed by atoms with Gasteiger partial charge >= 0.3 is 0 Å². The van der Waals surface area contributed by atoms with Crippen molar-refractivity contribution in [2.45, 2.75) is 57.4 Å². The van der Waals surface area contributed by atoms with Gasteiger partial charge < -0.3 is 15.5 Å². The minimum atomic E-state index is -0.165. The highest BCUT2D eigenvalue weighted by atomic mass is 16.2. The molecule has 3 amide bonds. The van der Waals surface area contributed by atoms with E-state index in [1.807, 2.05) is 4.90 Å². The smallest absolute Gasteiger partial charge is 0.251 e. The molecule has 6 heteroatoms. The third-order valence-electron chi connectivity index (χ3n) is 6.14. The number of rotatable bonds is 5. The van der Waals surface area contributed by atoms with Gasteiger partial charge in [0.05, 0.1) is 5.92 Å². The van der Waals surface area contributed by atoms with Crippen molar-refractivity contribution in [2.75, 3.05) is 18.4 Å². The molecule has 0 spiro atoms. The van der Waals surface area contributed by atoms with E-state index in [0.29, 0.717) is 23.8 Å². The summed E-state index contributed by atoms with van der Waals surface area (Å²) in [7, 11) is 0. The molecule has 6 nitrogen and oxygen atoms in total. The van der Waals surface area contributed by atoms with Crippen LogP contribution in [0.4, 0.5) is 5.69 Å². The molecule has 0 aromatic heterocycles. The zero-order valence-corrected chi connectivity index (χ0v) is 16.3. The van der Waals surface area contributed by atoms with Crippen LogP contribution in [0.3, 0.4) is 0 Å². The summed E-state index contributed by atoms with van der Waals surface area (Å²) < 4.78 is 0. The molecular weight excluding hydrogens is 354 g/mol. The number of benzene rings is 1. The number of hydrogen-bond donors (Lipinski definition) is 2. The van der Waals surface area contributed by atoms with Crippen molar-refractivity contribution >= 4 is 23.4 Å². The molecule has 1 unspecified atom stereocenters. The molecular formula is C22H29N3O3. The SMILES string of the molecule is O=C(NC1CCCC1)c1ccc(NC(=O)C2CCCN(C(=O)C3CC3)C2)cc1. The molecule has 1 aromatic rings. The summed E-state index contributed by atoms with van der Waals surface area (Å²) in [6, 6.07) is 7.35. The second-order valence-corrected chi connectivity index (χ2v) is 8.42. The number of carbonyl (C=O) groups excluding carboxylic acids is 3. The highest BCUT2D eigenvalue weighted by Gasteiger charge is 2.36. The first-order valence-corrected chi connectivity index (χ1v) is 10.6. The monoisotopic (exact) mass is 383 g/mol. The maximum atomic E-state index is 12.6. The lowest BCUT2D eigenvalue weighted by Gasteiger charge is -2.32. The zero-order valence-electron chi connectivity index (χ0n) is 16.3. The maximum absolute atomic E-state index is 12.6. The maximum Gasteiger partial charge on any atom is 0.251 e. The van der Waals surface area contributed by atoms with Gasteiger partial charge in [0.1, 0.15) is 0 Å². The molecule has 2 saturated carbocycles. The molecule has 1 heterocycles. The lowest BCUT2D eigenvalue weighted by atomic mass is 9.96. The van der Waals surface area contributed by atoms with Gasteiger partial charge in [0.15, 0.2) is 0 Å². The lowest BCUT2D eigenvalue weighted by molar-refractivity contribution is -0.135. The Balaban J connectivity index is 1.30. The summed E-state index contributed by atoms with van der Waals surface area (Å²) in [5.74, 6) is 0.157. The first-order chi connectivity index (χ1) is 13.6. The summed E-state index contributed by atoms with van der Waals surface area (Å²) in [4.78, 5) is 39.1. The largest absolute Gasteiger partial charge is 0.349 e. The number of nitrogens with zero attached hydrogens (tertiary/aromatic N) is 1. The van der Waals surface area contributed by atoms with Crippen molar-refractivity contribution in [3.8, 4) is 0 Å². The van der Waals surface area contributed by atoms with Crippen LogP contribution in [-0.2, 0) is 9.59 Å². The number of likely N-dealkylation sites (tertiary alicyclic amines) is 1. The van der Waals surface area contributed by atoms with Crippen LogP contribution in [0.1, 0.15) is 61.7 Å². The first kappa shape index (κ1) is 19.0. The van der Waals surface area contributed by atoms with Crippen molar-refractivity contribution in [3.63, 3.8) is 0 Å². The van der Waals surface area contributed by atoms with Gasteiger partial charge in [-0.1, -0.05) is 12.8 Å². The quantitative estimate of drug-likeness (QED) is 0.821. The lowest BCUT2D eigenvalue weighted by Crippen LogP contribution is -2.44. The first-order valence-electron chi connectivity index (χ1n) is 10.6. The molecule has 1 saturated heterocycles. The summed E-state index contributed by atoms with van der Waals surface area (Å²) in [5, 5.41) is 6.02. The Morgan fingerprint density at radius 3 is 2.25 bits per heavy atom. The van der Waals surface area contributed by atoms with E-state index in [4.69, 9.17) is 0 Å². The average Bonchev–Trinajstić information content (AvgIpc) is 3.45. The van der Waals surface area contributed by atoms with E-state index in [0.717, 1.165) is 45.1 Å². The Hall–Kier alpha value is -2.37. The van der Waals surface area contributed by atoms with E-state index in [-0.39, 0.29) is 29.6 Å². The Morgan fingerprint density at radius 2 is 1.57 bits per heavy atom. The Bertz CT molecular complexity index is 736. The predicted octanol–water partition coefficient (Wildman–Crippen LogP) is 2.95. The van der Waals surface area contributed by atoms with Crippen molar-refractivity contribution in [3.05, 3.63) is 29.8 Å². The molecule has 0 radical (unpaired) electrons. The van der Waals surface area contributed by atoms with Gasteiger partial charge in [-0.05, 0) is 62.8 Å². The van der Waals surface area contributed by atoms with Crippen LogP contribution in [0.5, 0.6) is 0 Å². The van der Waals surface area contributed by atoms with Gasteiger partial charge in [0.25, 0.3) is 5.91 Å². The van der Waals surface area contributed by atoms with Gasteiger partial charge in [-0.2, -0.15) is 0 Å². The zero-order chi connectivity index (χ0) is 19.5. The molecule has 1 aromatic carbocycles. The predicted molar refractivity (Wildman–Crippen MR) is 107 cm³/mol. The van der Waals surface area contributed by atoms with Crippen LogP contribution in [0.15, 0.2) is 24.3 Å². The molecule has 3 aliphatic rings. The van der Waals surface area contributed by atoms with E-state index >= 15 is 0 Å². The Kier molecular flexibility index (Phi) is 5.64.